The van der Waals surface area contributed by atoms with Crippen LogP contribution in [0.2, 0.25) is 5.02 Å². The molecule has 1 N–H and O–H groups in total. The van der Waals surface area contributed by atoms with Crippen LogP contribution >= 0.6 is 11.6 Å². The molecule has 0 aliphatic carbocycles. The monoisotopic (exact) mass is 314 g/mol. The van der Waals surface area contributed by atoms with Crippen LogP contribution in [0, 0.1) is 0 Å². The number of anilines is 1. The number of para-hydroxylation sites is 1. The molecule has 0 fully saturated rings. The van der Waals surface area contributed by atoms with Crippen molar-refractivity contribution in [3.8, 4) is 0 Å². The van der Waals surface area contributed by atoms with Crippen molar-refractivity contribution in [2.45, 2.75) is 25.9 Å². The number of hydrogen-bond acceptors (Lipinski definition) is 2. The van der Waals surface area contributed by atoms with Crippen LogP contribution < -0.4 is 10.2 Å². The Morgan fingerprint density at radius 2 is 1.95 bits per heavy atom. The smallest absolute Gasteiger partial charge is 0.242 e. The van der Waals surface area contributed by atoms with Crippen molar-refractivity contribution >= 4 is 23.2 Å². The highest BCUT2D eigenvalue weighted by Gasteiger charge is 2.27. The summed E-state index contributed by atoms with van der Waals surface area (Å²) in [6.45, 7) is 3.29. The number of halogens is 1. The Labute approximate surface area is 135 Å². The van der Waals surface area contributed by atoms with Crippen LogP contribution in [0.5, 0.6) is 0 Å². The van der Waals surface area contributed by atoms with Gasteiger partial charge in [0.1, 0.15) is 6.04 Å². The molecule has 0 bridgehead atoms. The molecule has 0 saturated carbocycles. The lowest BCUT2D eigenvalue weighted by molar-refractivity contribution is -0.122. The zero-order valence-corrected chi connectivity index (χ0v) is 13.3. The summed E-state index contributed by atoms with van der Waals surface area (Å²) in [5.74, 6) is 0.0247. The van der Waals surface area contributed by atoms with Crippen LogP contribution in [0.3, 0.4) is 0 Å². The summed E-state index contributed by atoms with van der Waals surface area (Å²) in [7, 11) is 0. The van der Waals surface area contributed by atoms with Crippen LogP contribution in [-0.4, -0.2) is 18.5 Å². The average Bonchev–Trinajstić information content (AvgIpc) is 2.97. The number of hydrogen-bond donors (Lipinski definition) is 1. The number of fused-ring (bicyclic) bond motifs is 1. The second-order valence-corrected chi connectivity index (χ2v) is 5.96. The normalized spacial score (nSPS) is 14.5. The van der Waals surface area contributed by atoms with Gasteiger partial charge < -0.3 is 10.2 Å². The minimum atomic E-state index is -0.189. The topological polar surface area (TPSA) is 32.3 Å². The molecule has 1 atom stereocenters. The molecule has 2 aromatic carbocycles. The van der Waals surface area contributed by atoms with E-state index in [9.17, 15) is 4.79 Å². The van der Waals surface area contributed by atoms with Gasteiger partial charge in [-0.1, -0.05) is 48.0 Å². The van der Waals surface area contributed by atoms with Gasteiger partial charge in [-0.25, -0.2) is 0 Å². The lowest BCUT2D eigenvalue weighted by atomic mass is 10.1. The average molecular weight is 315 g/mol. The molecule has 3 nitrogen and oxygen atoms in total. The van der Waals surface area contributed by atoms with Gasteiger partial charge in [0.25, 0.3) is 0 Å². The molecule has 4 heteroatoms. The van der Waals surface area contributed by atoms with Crippen molar-refractivity contribution in [1.29, 1.82) is 0 Å². The summed E-state index contributed by atoms with van der Waals surface area (Å²) in [4.78, 5) is 14.6. The van der Waals surface area contributed by atoms with Gasteiger partial charge in [-0.15, -0.1) is 0 Å². The molecule has 22 heavy (non-hydrogen) atoms. The van der Waals surface area contributed by atoms with Crippen LogP contribution in [-0.2, 0) is 17.8 Å². The zero-order valence-electron chi connectivity index (χ0n) is 12.6. The largest absolute Gasteiger partial charge is 0.359 e. The standard InChI is InChI=1S/C18H19ClN2O/c1-13(21-11-10-14-6-3-5-9-17(14)21)18(22)20-12-15-7-2-4-8-16(15)19/h2-9,13H,10-12H2,1H3,(H,20,22)/t13-/m1/s1. The number of nitrogens with zero attached hydrogens (tertiary/aromatic N) is 1. The van der Waals surface area contributed by atoms with Gasteiger partial charge in [-0.3, -0.25) is 4.79 Å². The quantitative estimate of drug-likeness (QED) is 0.938. The van der Waals surface area contributed by atoms with Crippen LogP contribution in [0.4, 0.5) is 5.69 Å². The summed E-state index contributed by atoms with van der Waals surface area (Å²) < 4.78 is 0. The van der Waals surface area contributed by atoms with Gasteiger partial charge in [0.05, 0.1) is 0 Å². The third-order valence-corrected chi connectivity index (χ3v) is 4.55. The highest BCUT2D eigenvalue weighted by Crippen LogP contribution is 2.29. The molecule has 0 aromatic heterocycles. The molecule has 1 aliphatic rings. The highest BCUT2D eigenvalue weighted by atomic mass is 35.5. The molecule has 1 amide bonds. The van der Waals surface area contributed by atoms with E-state index >= 15 is 0 Å². The van der Waals surface area contributed by atoms with Crippen molar-refractivity contribution in [1.82, 2.24) is 5.32 Å². The fourth-order valence-electron chi connectivity index (χ4n) is 2.88. The van der Waals surface area contributed by atoms with E-state index in [0.717, 1.165) is 18.5 Å². The number of benzene rings is 2. The lowest BCUT2D eigenvalue weighted by Gasteiger charge is -2.26. The van der Waals surface area contributed by atoms with Crippen molar-refractivity contribution in [3.05, 3.63) is 64.7 Å². The number of rotatable bonds is 4. The molecule has 0 saturated heterocycles. The Morgan fingerprint density at radius 3 is 2.77 bits per heavy atom. The van der Waals surface area contributed by atoms with Gasteiger partial charge in [0.2, 0.25) is 5.91 Å². The first-order valence-corrected chi connectivity index (χ1v) is 7.90. The summed E-state index contributed by atoms with van der Waals surface area (Å²) in [5, 5.41) is 3.66. The lowest BCUT2D eigenvalue weighted by Crippen LogP contribution is -2.44. The number of carbonyl (C=O) groups excluding carboxylic acids is 1. The number of amides is 1. The molecule has 0 radical (unpaired) electrons. The van der Waals surface area contributed by atoms with Gasteiger partial charge in [0, 0.05) is 23.8 Å². The molecule has 3 rings (SSSR count). The maximum absolute atomic E-state index is 12.4. The Hall–Kier alpha value is -2.00. The van der Waals surface area contributed by atoms with E-state index in [0.29, 0.717) is 11.6 Å². The number of nitrogens with one attached hydrogen (secondary N) is 1. The first-order chi connectivity index (χ1) is 10.7. The Morgan fingerprint density at radius 1 is 1.23 bits per heavy atom. The van der Waals surface area contributed by atoms with Gasteiger partial charge >= 0.3 is 0 Å². The number of carbonyl (C=O) groups is 1. The Bertz CT molecular complexity index is 686. The zero-order chi connectivity index (χ0) is 15.5. The van der Waals surface area contributed by atoms with E-state index in [1.165, 1.54) is 11.3 Å². The van der Waals surface area contributed by atoms with Crippen LogP contribution in [0.1, 0.15) is 18.1 Å². The van der Waals surface area contributed by atoms with Crippen molar-refractivity contribution in [2.24, 2.45) is 0 Å². The van der Waals surface area contributed by atoms with Crippen LogP contribution in [0.25, 0.3) is 0 Å². The van der Waals surface area contributed by atoms with E-state index in [4.69, 9.17) is 11.6 Å². The van der Waals surface area contributed by atoms with Crippen molar-refractivity contribution in [2.75, 3.05) is 11.4 Å². The fraction of sp³-hybridized carbons (Fsp3) is 0.278. The molecule has 0 unspecified atom stereocenters. The summed E-state index contributed by atoms with van der Waals surface area (Å²) in [6, 6.07) is 15.7. The highest BCUT2D eigenvalue weighted by molar-refractivity contribution is 6.31. The maximum atomic E-state index is 12.4. The molecule has 114 valence electrons. The predicted octanol–water partition coefficient (Wildman–Crippen LogP) is 3.41. The second-order valence-electron chi connectivity index (χ2n) is 5.56. The minimum Gasteiger partial charge on any atom is -0.359 e. The maximum Gasteiger partial charge on any atom is 0.242 e. The van der Waals surface area contributed by atoms with Crippen molar-refractivity contribution in [3.63, 3.8) is 0 Å². The molecule has 1 aliphatic heterocycles. The fourth-order valence-corrected chi connectivity index (χ4v) is 3.08. The Kier molecular flexibility index (Phi) is 4.34. The third-order valence-electron chi connectivity index (χ3n) is 4.18. The summed E-state index contributed by atoms with van der Waals surface area (Å²) in [5.41, 5.74) is 3.42. The summed E-state index contributed by atoms with van der Waals surface area (Å²) in [6.07, 6.45) is 0.998. The van der Waals surface area contributed by atoms with E-state index in [2.05, 4.69) is 22.3 Å². The predicted molar refractivity (Wildman–Crippen MR) is 90.3 cm³/mol. The molecular formula is C18H19ClN2O. The third kappa shape index (κ3) is 2.95. The van der Waals surface area contributed by atoms with E-state index < -0.39 is 0 Å². The van der Waals surface area contributed by atoms with Gasteiger partial charge in [-0.05, 0) is 36.6 Å². The summed E-state index contributed by atoms with van der Waals surface area (Å²) >= 11 is 6.12. The first-order valence-electron chi connectivity index (χ1n) is 7.52. The minimum absolute atomic E-state index is 0.0247. The molecular weight excluding hydrogens is 296 g/mol. The van der Waals surface area contributed by atoms with E-state index in [1.807, 2.05) is 43.3 Å². The van der Waals surface area contributed by atoms with Gasteiger partial charge in [-0.2, -0.15) is 0 Å². The molecule has 1 heterocycles. The van der Waals surface area contributed by atoms with Crippen LogP contribution in [0.15, 0.2) is 48.5 Å². The molecule has 0 spiro atoms. The first kappa shape index (κ1) is 14.9. The van der Waals surface area contributed by atoms with E-state index in [1.54, 1.807) is 0 Å². The van der Waals surface area contributed by atoms with E-state index in [-0.39, 0.29) is 11.9 Å². The van der Waals surface area contributed by atoms with Crippen molar-refractivity contribution < 1.29 is 4.79 Å². The van der Waals surface area contributed by atoms with Gasteiger partial charge in [0.15, 0.2) is 0 Å². The molecule has 2 aromatic rings. The second kappa shape index (κ2) is 6.41. The Balaban J connectivity index is 1.65. The SMILES string of the molecule is C[C@H](C(=O)NCc1ccccc1Cl)N1CCc2ccccc21.